The Hall–Kier alpha value is -1.95. The first-order chi connectivity index (χ1) is 8.25. The number of pyridine rings is 1. The molecule has 3 rings (SSSR count). The first-order valence-corrected chi connectivity index (χ1v) is 6.03. The van der Waals surface area contributed by atoms with Crippen molar-refractivity contribution in [3.8, 4) is 0 Å². The Kier molecular flexibility index (Phi) is 2.29. The molecule has 6 heteroatoms. The third-order valence-electron chi connectivity index (χ3n) is 2.71. The topological polar surface area (TPSA) is 52.7 Å². The van der Waals surface area contributed by atoms with Crippen LogP contribution in [0.1, 0.15) is 5.82 Å². The normalized spacial score (nSPS) is 11.1. The van der Waals surface area contributed by atoms with Crippen LogP contribution in [0.15, 0.2) is 34.8 Å². The lowest BCUT2D eigenvalue weighted by Gasteiger charge is -2.04. The molecule has 5 nitrogen and oxygen atoms in total. The van der Waals surface area contributed by atoms with Crippen LogP contribution in [0.5, 0.6) is 0 Å². The van der Waals surface area contributed by atoms with E-state index in [1.54, 1.807) is 26.8 Å². The van der Waals surface area contributed by atoms with Gasteiger partial charge < -0.3 is 4.57 Å². The summed E-state index contributed by atoms with van der Waals surface area (Å²) in [6.45, 7) is 0.446. The van der Waals surface area contributed by atoms with Crippen LogP contribution in [0.25, 0.3) is 10.1 Å². The molecule has 3 aromatic rings. The number of thiophene rings is 1. The van der Waals surface area contributed by atoms with Gasteiger partial charge in [0, 0.05) is 17.9 Å². The average Bonchev–Trinajstić information content (AvgIpc) is 2.92. The summed E-state index contributed by atoms with van der Waals surface area (Å²) in [5.41, 5.74) is 0.0201. The zero-order valence-corrected chi connectivity index (χ0v) is 10.0. The number of hydrogen-bond donors (Lipinski definition) is 0. The molecular formula is C11H10N4OS. The highest BCUT2D eigenvalue weighted by atomic mass is 32.1. The van der Waals surface area contributed by atoms with E-state index in [1.165, 1.54) is 6.33 Å². The Morgan fingerprint density at radius 3 is 3.06 bits per heavy atom. The molecule has 17 heavy (non-hydrogen) atoms. The Bertz CT molecular complexity index is 724. The highest BCUT2D eigenvalue weighted by molar-refractivity contribution is 7.17. The zero-order valence-electron chi connectivity index (χ0n) is 9.20. The Balaban J connectivity index is 2.09. The van der Waals surface area contributed by atoms with Crippen molar-refractivity contribution in [1.29, 1.82) is 0 Å². The van der Waals surface area contributed by atoms with E-state index in [1.807, 2.05) is 24.6 Å². The molecule has 0 aromatic carbocycles. The van der Waals surface area contributed by atoms with Crippen LogP contribution in [0, 0.1) is 0 Å². The van der Waals surface area contributed by atoms with Gasteiger partial charge in [-0.15, -0.1) is 11.3 Å². The molecule has 0 spiro atoms. The summed E-state index contributed by atoms with van der Waals surface area (Å²) in [5.74, 6) is 0.765. The van der Waals surface area contributed by atoms with E-state index >= 15 is 0 Å². The minimum absolute atomic E-state index is 0.0201. The van der Waals surface area contributed by atoms with Crippen LogP contribution in [0.3, 0.4) is 0 Å². The van der Waals surface area contributed by atoms with Gasteiger partial charge in [0.1, 0.15) is 12.2 Å². The molecule has 0 saturated heterocycles. The number of nitrogens with zero attached hydrogens (tertiary/aromatic N) is 4. The minimum atomic E-state index is 0.0201. The lowest BCUT2D eigenvalue weighted by molar-refractivity contribution is 0.644. The predicted molar refractivity (Wildman–Crippen MR) is 66.2 cm³/mol. The average molecular weight is 246 g/mol. The van der Waals surface area contributed by atoms with Crippen LogP contribution >= 0.6 is 11.3 Å². The van der Waals surface area contributed by atoms with Gasteiger partial charge in [0.15, 0.2) is 0 Å². The van der Waals surface area contributed by atoms with Crippen molar-refractivity contribution < 1.29 is 0 Å². The van der Waals surface area contributed by atoms with Gasteiger partial charge >= 0.3 is 0 Å². The molecule has 0 amide bonds. The molecule has 0 aliphatic rings. The van der Waals surface area contributed by atoms with Gasteiger partial charge in [-0.25, -0.2) is 4.98 Å². The van der Waals surface area contributed by atoms with Crippen LogP contribution < -0.4 is 5.56 Å². The number of hydrogen-bond acceptors (Lipinski definition) is 4. The molecule has 3 heterocycles. The lowest BCUT2D eigenvalue weighted by atomic mass is 10.3. The van der Waals surface area contributed by atoms with Gasteiger partial charge in [0.05, 0.1) is 11.9 Å². The van der Waals surface area contributed by atoms with Gasteiger partial charge in [-0.2, -0.15) is 5.10 Å². The quantitative estimate of drug-likeness (QED) is 0.683. The van der Waals surface area contributed by atoms with Crippen molar-refractivity contribution in [3.05, 3.63) is 46.2 Å². The van der Waals surface area contributed by atoms with Gasteiger partial charge in [-0.05, 0) is 17.5 Å². The molecular weight excluding hydrogens is 236 g/mol. The maximum Gasteiger partial charge on any atom is 0.259 e. The summed E-state index contributed by atoms with van der Waals surface area (Å²) >= 11 is 1.57. The largest absolute Gasteiger partial charge is 0.307 e. The summed E-state index contributed by atoms with van der Waals surface area (Å²) in [7, 11) is 1.82. The minimum Gasteiger partial charge on any atom is -0.307 e. The van der Waals surface area contributed by atoms with Crippen molar-refractivity contribution in [2.75, 3.05) is 0 Å². The van der Waals surface area contributed by atoms with E-state index < -0.39 is 0 Å². The number of aryl methyl sites for hydroxylation is 1. The van der Waals surface area contributed by atoms with Crippen molar-refractivity contribution >= 4 is 21.4 Å². The van der Waals surface area contributed by atoms with Gasteiger partial charge in [0.2, 0.25) is 0 Å². The third-order valence-corrected chi connectivity index (χ3v) is 3.59. The number of aromatic nitrogens is 4. The molecule has 0 saturated carbocycles. The zero-order chi connectivity index (χ0) is 11.8. The molecule has 0 aliphatic carbocycles. The number of rotatable bonds is 2. The molecule has 0 N–H and O–H groups in total. The van der Waals surface area contributed by atoms with Gasteiger partial charge in [-0.1, -0.05) is 0 Å². The van der Waals surface area contributed by atoms with E-state index in [4.69, 9.17) is 0 Å². The second-order valence-electron chi connectivity index (χ2n) is 3.75. The summed E-state index contributed by atoms with van der Waals surface area (Å²) in [6.07, 6.45) is 3.29. The Labute approximate surface area is 101 Å². The SMILES string of the molecule is Cn1ncnc1Cn1ccc2sccc2c1=O. The summed E-state index contributed by atoms with van der Waals surface area (Å²) < 4.78 is 4.34. The summed E-state index contributed by atoms with van der Waals surface area (Å²) in [6, 6.07) is 3.81. The maximum absolute atomic E-state index is 12.1. The molecule has 0 radical (unpaired) electrons. The van der Waals surface area contributed by atoms with E-state index in [-0.39, 0.29) is 5.56 Å². The molecule has 86 valence electrons. The fourth-order valence-electron chi connectivity index (χ4n) is 1.75. The highest BCUT2D eigenvalue weighted by Crippen LogP contribution is 2.16. The van der Waals surface area contributed by atoms with Crippen LogP contribution in [-0.4, -0.2) is 19.3 Å². The Morgan fingerprint density at radius 1 is 1.41 bits per heavy atom. The Morgan fingerprint density at radius 2 is 2.29 bits per heavy atom. The molecule has 0 atom stereocenters. The monoisotopic (exact) mass is 246 g/mol. The van der Waals surface area contributed by atoms with Crippen LogP contribution in [0.4, 0.5) is 0 Å². The third kappa shape index (κ3) is 1.66. The standard InChI is InChI=1S/C11H10N4OS/c1-14-10(12-7-13-14)6-15-4-2-9-8(11(15)16)3-5-17-9/h2-5,7H,6H2,1H3. The second kappa shape index (κ2) is 3.81. The molecule has 0 aliphatic heterocycles. The fraction of sp³-hybridized carbons (Fsp3) is 0.182. The van der Waals surface area contributed by atoms with Crippen molar-refractivity contribution in [3.63, 3.8) is 0 Å². The van der Waals surface area contributed by atoms with E-state index in [2.05, 4.69) is 10.1 Å². The molecule has 0 bridgehead atoms. The van der Waals surface area contributed by atoms with E-state index in [0.717, 1.165) is 15.9 Å². The lowest BCUT2D eigenvalue weighted by Crippen LogP contribution is -2.21. The summed E-state index contributed by atoms with van der Waals surface area (Å²) in [5, 5.41) is 6.68. The van der Waals surface area contributed by atoms with Crippen LogP contribution in [-0.2, 0) is 13.6 Å². The maximum atomic E-state index is 12.1. The predicted octanol–water partition coefficient (Wildman–Crippen LogP) is 1.24. The smallest absolute Gasteiger partial charge is 0.259 e. The molecule has 3 aromatic heterocycles. The van der Waals surface area contributed by atoms with Crippen molar-refractivity contribution in [2.45, 2.75) is 6.54 Å². The van der Waals surface area contributed by atoms with E-state index in [9.17, 15) is 4.79 Å². The highest BCUT2D eigenvalue weighted by Gasteiger charge is 2.06. The summed E-state index contributed by atoms with van der Waals surface area (Å²) in [4.78, 5) is 16.3. The first-order valence-electron chi connectivity index (χ1n) is 5.15. The van der Waals surface area contributed by atoms with Crippen molar-refractivity contribution in [1.82, 2.24) is 19.3 Å². The first kappa shape index (κ1) is 10.2. The van der Waals surface area contributed by atoms with E-state index in [0.29, 0.717) is 6.54 Å². The van der Waals surface area contributed by atoms with Crippen LogP contribution in [0.2, 0.25) is 0 Å². The van der Waals surface area contributed by atoms with Gasteiger partial charge in [0.25, 0.3) is 5.56 Å². The van der Waals surface area contributed by atoms with Gasteiger partial charge in [-0.3, -0.25) is 9.48 Å². The molecule has 0 unspecified atom stereocenters. The molecule has 0 fully saturated rings. The fourth-order valence-corrected chi connectivity index (χ4v) is 2.52. The number of fused-ring (bicyclic) bond motifs is 1. The second-order valence-corrected chi connectivity index (χ2v) is 4.69. The van der Waals surface area contributed by atoms with Crippen molar-refractivity contribution in [2.24, 2.45) is 7.05 Å².